The quantitative estimate of drug-likeness (QED) is 0.746. The number of rotatable bonds is 8. The lowest BCUT2D eigenvalue weighted by Gasteiger charge is -2.14. The number of aryl methyl sites for hydroxylation is 1. The van der Waals surface area contributed by atoms with Crippen molar-refractivity contribution >= 4 is 11.0 Å². The van der Waals surface area contributed by atoms with Crippen LogP contribution >= 0.6 is 0 Å². The third kappa shape index (κ3) is 3.56. The fraction of sp³-hybridized carbons (Fsp3) is 0.533. The first-order valence-corrected chi connectivity index (χ1v) is 6.95. The van der Waals surface area contributed by atoms with Gasteiger partial charge in [-0.25, -0.2) is 4.98 Å². The second-order valence-corrected chi connectivity index (χ2v) is 4.70. The summed E-state index contributed by atoms with van der Waals surface area (Å²) < 4.78 is 12.3. The molecule has 0 fully saturated rings. The third-order valence-corrected chi connectivity index (χ3v) is 3.19. The Morgan fingerprint density at radius 3 is 2.85 bits per heavy atom. The average Bonchev–Trinajstić information content (AvgIpc) is 2.82. The number of fused-ring (bicyclic) bond motifs is 1. The van der Waals surface area contributed by atoms with Crippen molar-refractivity contribution in [2.75, 3.05) is 26.9 Å². The van der Waals surface area contributed by atoms with Gasteiger partial charge in [0, 0.05) is 13.5 Å². The SMILES string of the molecule is CCc1nc2ccccc2n1CC(O)COCCOC. The predicted octanol–water partition coefficient (Wildman–Crippen LogP) is 1.62. The van der Waals surface area contributed by atoms with Gasteiger partial charge in [0.05, 0.1) is 43.5 Å². The second-order valence-electron chi connectivity index (χ2n) is 4.70. The molecule has 1 N–H and O–H groups in total. The molecule has 0 aliphatic heterocycles. The van der Waals surface area contributed by atoms with Gasteiger partial charge in [-0.3, -0.25) is 0 Å². The van der Waals surface area contributed by atoms with Gasteiger partial charge in [-0.15, -0.1) is 0 Å². The van der Waals surface area contributed by atoms with Crippen LogP contribution in [0.2, 0.25) is 0 Å². The number of para-hydroxylation sites is 2. The number of benzene rings is 1. The van der Waals surface area contributed by atoms with Crippen molar-refractivity contribution in [1.29, 1.82) is 0 Å². The lowest BCUT2D eigenvalue weighted by molar-refractivity contribution is 0.00737. The van der Waals surface area contributed by atoms with Gasteiger partial charge in [-0.2, -0.15) is 0 Å². The first kappa shape index (κ1) is 15.0. The molecule has 1 aromatic carbocycles. The summed E-state index contributed by atoms with van der Waals surface area (Å²) in [5.74, 6) is 0.988. The smallest absolute Gasteiger partial charge is 0.109 e. The number of ether oxygens (including phenoxy) is 2. The van der Waals surface area contributed by atoms with Gasteiger partial charge < -0.3 is 19.1 Å². The van der Waals surface area contributed by atoms with E-state index in [-0.39, 0.29) is 0 Å². The largest absolute Gasteiger partial charge is 0.389 e. The molecule has 1 unspecified atom stereocenters. The van der Waals surface area contributed by atoms with Gasteiger partial charge in [0.15, 0.2) is 0 Å². The highest BCUT2D eigenvalue weighted by Crippen LogP contribution is 2.17. The Bertz CT molecular complexity index is 539. The summed E-state index contributed by atoms with van der Waals surface area (Å²) in [5.41, 5.74) is 2.03. The Labute approximate surface area is 119 Å². The summed E-state index contributed by atoms with van der Waals surface area (Å²) in [6.07, 6.45) is 0.293. The number of methoxy groups -OCH3 is 1. The van der Waals surface area contributed by atoms with Crippen molar-refractivity contribution in [1.82, 2.24) is 9.55 Å². The van der Waals surface area contributed by atoms with Crippen LogP contribution in [0.3, 0.4) is 0 Å². The fourth-order valence-electron chi connectivity index (χ4n) is 2.22. The van der Waals surface area contributed by atoms with Crippen molar-refractivity contribution in [2.24, 2.45) is 0 Å². The summed E-state index contributed by atoms with van der Waals surface area (Å²) in [7, 11) is 1.63. The minimum Gasteiger partial charge on any atom is -0.389 e. The summed E-state index contributed by atoms with van der Waals surface area (Å²) in [6, 6.07) is 7.98. The number of hydrogen-bond donors (Lipinski definition) is 1. The molecular weight excluding hydrogens is 256 g/mol. The minimum atomic E-state index is -0.547. The molecule has 5 nitrogen and oxygen atoms in total. The lowest BCUT2D eigenvalue weighted by Crippen LogP contribution is -2.23. The number of hydrogen-bond acceptors (Lipinski definition) is 4. The van der Waals surface area contributed by atoms with Gasteiger partial charge >= 0.3 is 0 Å². The van der Waals surface area contributed by atoms with Gasteiger partial charge in [0.1, 0.15) is 5.82 Å². The van der Waals surface area contributed by atoms with E-state index in [1.54, 1.807) is 7.11 Å². The van der Waals surface area contributed by atoms with E-state index < -0.39 is 6.10 Å². The second kappa shape index (κ2) is 7.38. The van der Waals surface area contributed by atoms with E-state index in [1.165, 1.54) is 0 Å². The molecule has 0 aliphatic rings. The predicted molar refractivity (Wildman–Crippen MR) is 77.8 cm³/mol. The molecule has 0 amide bonds. The molecule has 110 valence electrons. The zero-order valence-electron chi connectivity index (χ0n) is 12.1. The van der Waals surface area contributed by atoms with E-state index in [0.29, 0.717) is 26.4 Å². The van der Waals surface area contributed by atoms with Crippen molar-refractivity contribution in [2.45, 2.75) is 26.0 Å². The fourth-order valence-corrected chi connectivity index (χ4v) is 2.22. The molecule has 0 saturated carbocycles. The van der Waals surface area contributed by atoms with Gasteiger partial charge in [-0.1, -0.05) is 19.1 Å². The van der Waals surface area contributed by atoms with Crippen LogP contribution in [-0.4, -0.2) is 47.7 Å². The van der Waals surface area contributed by atoms with Crippen molar-refractivity contribution in [3.8, 4) is 0 Å². The van der Waals surface area contributed by atoms with Crippen LogP contribution < -0.4 is 0 Å². The maximum atomic E-state index is 10.1. The van der Waals surface area contributed by atoms with Crippen LogP contribution in [0.25, 0.3) is 11.0 Å². The Kier molecular flexibility index (Phi) is 5.52. The minimum absolute atomic E-state index is 0.305. The average molecular weight is 278 g/mol. The number of aliphatic hydroxyl groups is 1. The monoisotopic (exact) mass is 278 g/mol. The van der Waals surface area contributed by atoms with Crippen LogP contribution in [0.4, 0.5) is 0 Å². The van der Waals surface area contributed by atoms with Gasteiger partial charge in [0.25, 0.3) is 0 Å². The summed E-state index contributed by atoms with van der Waals surface area (Å²) >= 11 is 0. The zero-order chi connectivity index (χ0) is 14.4. The molecule has 2 rings (SSSR count). The van der Waals surface area contributed by atoms with Crippen LogP contribution in [0.1, 0.15) is 12.7 Å². The maximum Gasteiger partial charge on any atom is 0.109 e. The first-order chi connectivity index (χ1) is 9.76. The van der Waals surface area contributed by atoms with Gasteiger partial charge in [0.2, 0.25) is 0 Å². The lowest BCUT2D eigenvalue weighted by atomic mass is 10.3. The Morgan fingerprint density at radius 1 is 1.30 bits per heavy atom. The van der Waals surface area contributed by atoms with E-state index in [2.05, 4.69) is 16.5 Å². The molecule has 20 heavy (non-hydrogen) atoms. The Hall–Kier alpha value is -1.43. The van der Waals surface area contributed by atoms with E-state index in [4.69, 9.17) is 9.47 Å². The number of imidazole rings is 1. The van der Waals surface area contributed by atoms with Crippen LogP contribution in [0.15, 0.2) is 24.3 Å². The molecule has 0 bridgehead atoms. The van der Waals surface area contributed by atoms with Gasteiger partial charge in [-0.05, 0) is 12.1 Å². The van der Waals surface area contributed by atoms with Crippen LogP contribution in [0, 0.1) is 0 Å². The molecule has 2 aromatic rings. The zero-order valence-corrected chi connectivity index (χ0v) is 12.1. The molecule has 0 spiro atoms. The van der Waals surface area contributed by atoms with Crippen molar-refractivity contribution < 1.29 is 14.6 Å². The van der Waals surface area contributed by atoms with Crippen molar-refractivity contribution in [3.05, 3.63) is 30.1 Å². The molecule has 0 saturated heterocycles. The van der Waals surface area contributed by atoms with E-state index >= 15 is 0 Å². The Morgan fingerprint density at radius 2 is 2.10 bits per heavy atom. The van der Waals surface area contributed by atoms with Crippen LogP contribution in [-0.2, 0) is 22.4 Å². The third-order valence-electron chi connectivity index (χ3n) is 3.19. The normalized spacial score (nSPS) is 12.9. The molecular formula is C15H22N2O3. The van der Waals surface area contributed by atoms with E-state index in [1.807, 2.05) is 24.3 Å². The maximum absolute atomic E-state index is 10.1. The molecule has 0 aliphatic carbocycles. The topological polar surface area (TPSA) is 56.5 Å². The number of aromatic nitrogens is 2. The molecule has 1 heterocycles. The standard InChI is InChI=1S/C15H22N2O3/c1-3-15-16-13-6-4-5-7-14(13)17(15)10-12(18)11-20-9-8-19-2/h4-7,12,18H,3,8-11H2,1-2H3. The summed E-state index contributed by atoms with van der Waals surface area (Å²) in [6.45, 7) is 3.91. The highest BCUT2D eigenvalue weighted by Gasteiger charge is 2.13. The summed E-state index contributed by atoms with van der Waals surface area (Å²) in [5, 5.41) is 10.1. The molecule has 1 aromatic heterocycles. The number of nitrogens with zero attached hydrogens (tertiary/aromatic N) is 2. The highest BCUT2D eigenvalue weighted by atomic mass is 16.5. The first-order valence-electron chi connectivity index (χ1n) is 6.95. The molecule has 1 atom stereocenters. The van der Waals surface area contributed by atoms with Crippen LogP contribution in [0.5, 0.6) is 0 Å². The highest BCUT2D eigenvalue weighted by molar-refractivity contribution is 5.75. The molecule has 0 radical (unpaired) electrons. The van der Waals surface area contributed by atoms with E-state index in [0.717, 1.165) is 23.3 Å². The van der Waals surface area contributed by atoms with E-state index in [9.17, 15) is 5.11 Å². The number of aliphatic hydroxyl groups excluding tert-OH is 1. The summed E-state index contributed by atoms with van der Waals surface area (Å²) in [4.78, 5) is 4.58. The van der Waals surface area contributed by atoms with Crippen molar-refractivity contribution in [3.63, 3.8) is 0 Å². The molecule has 5 heteroatoms. The Balaban J connectivity index is 2.04.